The summed E-state index contributed by atoms with van der Waals surface area (Å²) >= 11 is 2.12. The number of esters is 1. The van der Waals surface area contributed by atoms with Gasteiger partial charge >= 0.3 is 5.97 Å². The van der Waals surface area contributed by atoms with Crippen molar-refractivity contribution < 1.29 is 9.53 Å². The zero-order chi connectivity index (χ0) is 14.9. The van der Waals surface area contributed by atoms with E-state index in [1.54, 1.807) is 0 Å². The Morgan fingerprint density at radius 2 is 1.30 bits per heavy atom. The first-order chi connectivity index (χ1) is 9.81. The van der Waals surface area contributed by atoms with Crippen LogP contribution in [0.1, 0.15) is 84.0 Å². The minimum atomic E-state index is -0.0678. The van der Waals surface area contributed by atoms with Crippen LogP contribution in [0.25, 0.3) is 0 Å². The molecule has 0 spiro atoms. The Bertz CT molecular complexity index is 207. The van der Waals surface area contributed by atoms with Crippen molar-refractivity contribution in [1.29, 1.82) is 0 Å². The van der Waals surface area contributed by atoms with Crippen LogP contribution in [0.15, 0.2) is 0 Å². The lowest BCUT2D eigenvalue weighted by molar-refractivity contribution is -0.140. The standard InChI is InChI=1S/C17H34O2S/c1-3-4-15-20-16-13-11-9-7-5-6-8-10-12-14-17(18)19-2/h3-16H2,1-2H3. The topological polar surface area (TPSA) is 26.3 Å². The van der Waals surface area contributed by atoms with E-state index in [0.717, 1.165) is 6.42 Å². The molecule has 0 radical (unpaired) electrons. The molecule has 0 aliphatic heterocycles. The van der Waals surface area contributed by atoms with Crippen molar-refractivity contribution in [3.05, 3.63) is 0 Å². The van der Waals surface area contributed by atoms with Crippen LogP contribution in [0.2, 0.25) is 0 Å². The molecule has 0 aromatic carbocycles. The molecular weight excluding hydrogens is 268 g/mol. The lowest BCUT2D eigenvalue weighted by atomic mass is 10.1. The van der Waals surface area contributed by atoms with Crippen LogP contribution in [0.3, 0.4) is 0 Å². The second kappa shape index (κ2) is 16.9. The Hall–Kier alpha value is -0.180. The number of hydrogen-bond acceptors (Lipinski definition) is 3. The highest BCUT2D eigenvalue weighted by atomic mass is 32.2. The number of methoxy groups -OCH3 is 1. The predicted molar refractivity (Wildman–Crippen MR) is 90.4 cm³/mol. The van der Waals surface area contributed by atoms with Crippen LogP contribution in [-0.2, 0) is 9.53 Å². The predicted octanol–water partition coefficient (Wildman–Crippen LogP) is 5.59. The van der Waals surface area contributed by atoms with Crippen molar-refractivity contribution >= 4 is 17.7 Å². The number of thioether (sulfide) groups is 1. The Balaban J connectivity index is 2.97. The third kappa shape index (κ3) is 15.9. The third-order valence-electron chi connectivity index (χ3n) is 3.54. The fourth-order valence-corrected chi connectivity index (χ4v) is 3.27. The summed E-state index contributed by atoms with van der Waals surface area (Å²) in [5.74, 6) is 2.64. The molecule has 0 N–H and O–H groups in total. The minimum Gasteiger partial charge on any atom is -0.469 e. The van der Waals surface area contributed by atoms with E-state index in [2.05, 4.69) is 23.4 Å². The van der Waals surface area contributed by atoms with Gasteiger partial charge < -0.3 is 4.74 Å². The normalized spacial score (nSPS) is 10.7. The fraction of sp³-hybridized carbons (Fsp3) is 0.941. The van der Waals surface area contributed by atoms with Gasteiger partial charge in [0.15, 0.2) is 0 Å². The molecule has 0 aromatic heterocycles. The van der Waals surface area contributed by atoms with E-state index in [-0.39, 0.29) is 5.97 Å². The van der Waals surface area contributed by atoms with Crippen molar-refractivity contribution in [2.24, 2.45) is 0 Å². The highest BCUT2D eigenvalue weighted by molar-refractivity contribution is 7.99. The molecule has 120 valence electrons. The largest absolute Gasteiger partial charge is 0.469 e. The van der Waals surface area contributed by atoms with E-state index < -0.39 is 0 Å². The number of unbranched alkanes of at least 4 members (excludes halogenated alkanes) is 9. The van der Waals surface area contributed by atoms with Crippen LogP contribution in [-0.4, -0.2) is 24.6 Å². The van der Waals surface area contributed by atoms with Crippen LogP contribution in [0.4, 0.5) is 0 Å². The second-order valence-corrected chi connectivity index (χ2v) is 6.70. The summed E-state index contributed by atoms with van der Waals surface area (Å²) in [7, 11) is 1.46. The van der Waals surface area contributed by atoms with Gasteiger partial charge in [-0.25, -0.2) is 0 Å². The van der Waals surface area contributed by atoms with E-state index in [1.807, 2.05) is 0 Å². The summed E-state index contributed by atoms with van der Waals surface area (Å²) in [5, 5.41) is 0. The molecule has 20 heavy (non-hydrogen) atoms. The molecule has 0 saturated heterocycles. The third-order valence-corrected chi connectivity index (χ3v) is 4.69. The first-order valence-corrected chi connectivity index (χ1v) is 9.61. The van der Waals surface area contributed by atoms with Crippen molar-refractivity contribution in [2.75, 3.05) is 18.6 Å². The Labute approximate surface area is 130 Å². The maximum absolute atomic E-state index is 10.9. The molecule has 0 aliphatic carbocycles. The van der Waals surface area contributed by atoms with E-state index >= 15 is 0 Å². The Morgan fingerprint density at radius 3 is 1.85 bits per heavy atom. The average Bonchev–Trinajstić information content (AvgIpc) is 2.47. The lowest BCUT2D eigenvalue weighted by Crippen LogP contribution is -1.99. The van der Waals surface area contributed by atoms with Crippen molar-refractivity contribution in [3.63, 3.8) is 0 Å². The molecule has 0 fully saturated rings. The van der Waals surface area contributed by atoms with E-state index in [9.17, 15) is 4.79 Å². The van der Waals surface area contributed by atoms with E-state index in [1.165, 1.54) is 82.8 Å². The zero-order valence-electron chi connectivity index (χ0n) is 13.6. The molecule has 3 heteroatoms. The average molecular weight is 303 g/mol. The maximum Gasteiger partial charge on any atom is 0.305 e. The van der Waals surface area contributed by atoms with Gasteiger partial charge in [-0.05, 0) is 30.8 Å². The number of ether oxygens (including phenoxy) is 1. The molecule has 0 aromatic rings. The molecule has 0 amide bonds. The molecule has 2 nitrogen and oxygen atoms in total. The summed E-state index contributed by atoms with van der Waals surface area (Å²) < 4.78 is 4.62. The molecular formula is C17H34O2S. The fourth-order valence-electron chi connectivity index (χ4n) is 2.16. The second-order valence-electron chi connectivity index (χ2n) is 5.47. The molecule has 0 heterocycles. The van der Waals surface area contributed by atoms with Gasteiger partial charge in [-0.2, -0.15) is 11.8 Å². The van der Waals surface area contributed by atoms with Gasteiger partial charge in [0.1, 0.15) is 0 Å². The lowest BCUT2D eigenvalue weighted by Gasteiger charge is -2.03. The van der Waals surface area contributed by atoms with E-state index in [0.29, 0.717) is 6.42 Å². The quantitative estimate of drug-likeness (QED) is 0.291. The van der Waals surface area contributed by atoms with Gasteiger partial charge in [0, 0.05) is 6.42 Å². The zero-order valence-corrected chi connectivity index (χ0v) is 14.4. The van der Waals surface area contributed by atoms with Crippen molar-refractivity contribution in [3.8, 4) is 0 Å². The van der Waals surface area contributed by atoms with Crippen LogP contribution in [0, 0.1) is 0 Å². The SMILES string of the molecule is CCCCSCCCCCCCCCCCC(=O)OC. The highest BCUT2D eigenvalue weighted by Crippen LogP contribution is 2.13. The van der Waals surface area contributed by atoms with E-state index in [4.69, 9.17) is 0 Å². The summed E-state index contributed by atoms with van der Waals surface area (Å²) in [5.41, 5.74) is 0. The molecule has 0 saturated carbocycles. The summed E-state index contributed by atoms with van der Waals surface area (Å²) in [6, 6.07) is 0. The molecule has 0 rings (SSSR count). The summed E-state index contributed by atoms with van der Waals surface area (Å²) in [6.07, 6.45) is 15.0. The molecule has 0 bridgehead atoms. The monoisotopic (exact) mass is 302 g/mol. The first kappa shape index (κ1) is 19.8. The van der Waals surface area contributed by atoms with Gasteiger partial charge in [0.25, 0.3) is 0 Å². The van der Waals surface area contributed by atoms with Crippen molar-refractivity contribution in [2.45, 2.75) is 84.0 Å². The van der Waals surface area contributed by atoms with Gasteiger partial charge in [-0.3, -0.25) is 4.79 Å². The number of carbonyl (C=O) groups excluding carboxylic acids is 1. The minimum absolute atomic E-state index is 0.0678. The summed E-state index contributed by atoms with van der Waals surface area (Å²) in [6.45, 7) is 2.26. The van der Waals surface area contributed by atoms with Gasteiger partial charge in [-0.1, -0.05) is 58.3 Å². The summed E-state index contributed by atoms with van der Waals surface area (Å²) in [4.78, 5) is 10.9. The highest BCUT2D eigenvalue weighted by Gasteiger charge is 1.99. The Kier molecular flexibility index (Phi) is 16.7. The van der Waals surface area contributed by atoms with Gasteiger partial charge in [-0.15, -0.1) is 0 Å². The number of hydrogen-bond donors (Lipinski definition) is 0. The van der Waals surface area contributed by atoms with Crippen LogP contribution < -0.4 is 0 Å². The number of rotatable bonds is 15. The van der Waals surface area contributed by atoms with Gasteiger partial charge in [0.2, 0.25) is 0 Å². The van der Waals surface area contributed by atoms with Crippen molar-refractivity contribution in [1.82, 2.24) is 0 Å². The first-order valence-electron chi connectivity index (χ1n) is 8.45. The van der Waals surface area contributed by atoms with Crippen LogP contribution in [0.5, 0.6) is 0 Å². The van der Waals surface area contributed by atoms with Gasteiger partial charge in [0.05, 0.1) is 7.11 Å². The maximum atomic E-state index is 10.9. The Morgan fingerprint density at radius 1 is 0.800 bits per heavy atom. The van der Waals surface area contributed by atoms with Crippen LogP contribution >= 0.6 is 11.8 Å². The number of carbonyl (C=O) groups is 1. The molecule has 0 aliphatic rings. The molecule has 0 unspecified atom stereocenters. The smallest absolute Gasteiger partial charge is 0.305 e. The molecule has 0 atom stereocenters.